The predicted octanol–water partition coefficient (Wildman–Crippen LogP) is 2.08. The molecule has 1 N–H and O–H groups in total. The number of ether oxygens (including phenoxy) is 1. The fourth-order valence-electron chi connectivity index (χ4n) is 1.61. The molecule has 0 saturated heterocycles. The molecule has 102 valence electrons. The van der Waals surface area contributed by atoms with Crippen LogP contribution in [-0.2, 0) is 4.18 Å². The van der Waals surface area contributed by atoms with E-state index in [1.807, 2.05) is 0 Å². The summed E-state index contributed by atoms with van der Waals surface area (Å²) in [6.45, 7) is 1.31. The van der Waals surface area contributed by atoms with E-state index in [1.54, 1.807) is 0 Å². The Hall–Kier alpha value is -0.720. The Morgan fingerprint density at radius 1 is 1.17 bits per heavy atom. The molecule has 7 heteroatoms. The number of nitrogens with one attached hydrogen (secondary N) is 1. The number of unbranched alkanes of at least 4 members (excludes halogenated alkanes) is 3. The van der Waals surface area contributed by atoms with E-state index in [1.165, 1.54) is 7.11 Å². The number of halogens is 1. The molecule has 0 bridgehead atoms. The van der Waals surface area contributed by atoms with Crippen molar-refractivity contribution in [3.63, 3.8) is 0 Å². The predicted molar refractivity (Wildman–Crippen MR) is 74.3 cm³/mol. The van der Waals surface area contributed by atoms with Crippen molar-refractivity contribution in [2.24, 2.45) is 0 Å². The van der Waals surface area contributed by atoms with Gasteiger partial charge in [-0.05, 0) is 23.5 Å². The molecule has 0 aliphatic carbocycles. The van der Waals surface area contributed by atoms with Crippen molar-refractivity contribution in [3.8, 4) is 5.75 Å². The first-order valence-corrected chi connectivity index (χ1v) is 7.30. The molecule has 0 amide bonds. The zero-order chi connectivity index (χ0) is 13.4. The monoisotopic (exact) mass is 293 g/mol. The summed E-state index contributed by atoms with van der Waals surface area (Å²) in [7, 11) is 6.67. The van der Waals surface area contributed by atoms with Crippen LogP contribution in [0.15, 0.2) is 9.59 Å². The van der Waals surface area contributed by atoms with Crippen molar-refractivity contribution < 1.29 is 8.92 Å². The van der Waals surface area contributed by atoms with Gasteiger partial charge in [-0.15, -0.1) is 0 Å². The van der Waals surface area contributed by atoms with Gasteiger partial charge < -0.3 is 14.2 Å². The molecule has 0 fully saturated rings. The molecule has 0 unspecified atom stereocenters. The van der Waals surface area contributed by atoms with Crippen LogP contribution in [-0.4, -0.2) is 20.3 Å². The molecule has 0 saturated carbocycles. The van der Waals surface area contributed by atoms with Crippen molar-refractivity contribution >= 4 is 27.6 Å². The van der Waals surface area contributed by atoms with E-state index in [2.05, 4.69) is 5.32 Å². The second kappa shape index (κ2) is 8.39. The van der Waals surface area contributed by atoms with Gasteiger partial charge >= 0.3 is 0 Å². The molecular weight excluding hydrogens is 278 g/mol. The molecule has 0 atom stereocenters. The minimum Gasteiger partial charge on any atom is -0.491 e. The number of rotatable bonds is 10. The number of hydrogen-bond donors (Lipinski definition) is 1. The Morgan fingerprint density at radius 3 is 2.56 bits per heavy atom. The molecule has 0 heterocycles. The topological polar surface area (TPSA) is 64.6 Å². The lowest BCUT2D eigenvalue weighted by molar-refractivity contribution is 0.360. The largest absolute Gasteiger partial charge is 0.491 e. The molecule has 1 aromatic carbocycles. The Morgan fingerprint density at radius 2 is 1.89 bits per heavy atom. The number of methoxy groups -OCH3 is 1. The highest BCUT2D eigenvalue weighted by Crippen LogP contribution is 2.16. The van der Waals surface area contributed by atoms with Crippen molar-refractivity contribution in [2.75, 3.05) is 25.6 Å². The molecular formula is C11H16ClNO4S. The maximum absolute atomic E-state index is 11.2. The number of anilines is 1. The first-order chi connectivity index (χ1) is 8.72. The van der Waals surface area contributed by atoms with Gasteiger partial charge in [0.05, 0.1) is 13.7 Å². The summed E-state index contributed by atoms with van der Waals surface area (Å²) in [4.78, 5) is 22.2. The molecule has 1 rings (SSSR count). The van der Waals surface area contributed by atoms with Crippen LogP contribution in [0.2, 0.25) is 0 Å². The summed E-state index contributed by atoms with van der Waals surface area (Å²) in [5.74, 6) is 0.146. The molecule has 0 aliphatic rings. The molecule has 0 spiro atoms. The van der Waals surface area contributed by atoms with Crippen molar-refractivity contribution in [1.82, 2.24) is 0 Å². The van der Waals surface area contributed by atoms with Crippen LogP contribution in [0.5, 0.6) is 5.75 Å². The van der Waals surface area contributed by atoms with Crippen molar-refractivity contribution in [1.29, 1.82) is 0 Å². The van der Waals surface area contributed by atoms with Gasteiger partial charge in [0.15, 0.2) is 5.75 Å². The van der Waals surface area contributed by atoms with Crippen LogP contribution in [0, 0.1) is 0 Å². The summed E-state index contributed by atoms with van der Waals surface area (Å²) in [5, 5.41) is 2.93. The minimum absolute atomic E-state index is 0.146. The zero-order valence-corrected chi connectivity index (χ0v) is 11.7. The fraction of sp³-hybridized carbons (Fsp3) is 0.636. The molecule has 0 aliphatic heterocycles. The van der Waals surface area contributed by atoms with Gasteiger partial charge in [-0.1, -0.05) is 12.8 Å². The molecule has 5 nitrogen and oxygen atoms in total. The average molecular weight is 294 g/mol. The van der Waals surface area contributed by atoms with Crippen LogP contribution >= 0.6 is 21.9 Å². The Labute approximate surface area is 114 Å². The lowest BCUT2D eigenvalue weighted by atomic mass is 10.2. The molecule has 0 aromatic heterocycles. The Kier molecular flexibility index (Phi) is 7.15. The van der Waals surface area contributed by atoms with Crippen molar-refractivity contribution in [3.05, 3.63) is 20.4 Å². The Bertz CT molecular complexity index is 431. The van der Waals surface area contributed by atoms with E-state index in [9.17, 15) is 9.59 Å². The highest BCUT2D eigenvalue weighted by atomic mass is 35.7. The first kappa shape index (κ1) is 15.3. The van der Waals surface area contributed by atoms with Crippen LogP contribution in [0.3, 0.4) is 0 Å². The van der Waals surface area contributed by atoms with Gasteiger partial charge in [-0.3, -0.25) is 9.59 Å². The quantitative estimate of drug-likeness (QED) is 0.405. The SMILES string of the molecule is COc1c(NCCCCCCOSCl)c(=O)c1=O. The normalized spacial score (nSPS) is 10.8. The van der Waals surface area contributed by atoms with E-state index in [-0.39, 0.29) is 5.75 Å². The lowest BCUT2D eigenvalue weighted by Gasteiger charge is -2.11. The second-order valence-corrected chi connectivity index (χ2v) is 4.53. The van der Waals surface area contributed by atoms with Crippen LogP contribution in [0.4, 0.5) is 5.69 Å². The third-order valence-corrected chi connectivity index (χ3v) is 3.09. The number of hydrogen-bond acceptors (Lipinski definition) is 6. The summed E-state index contributed by atoms with van der Waals surface area (Å²) in [6.07, 6.45) is 3.96. The highest BCUT2D eigenvalue weighted by molar-refractivity contribution is 8.17. The van der Waals surface area contributed by atoms with Gasteiger partial charge in [0.2, 0.25) is 0 Å². The van der Waals surface area contributed by atoms with Gasteiger partial charge in [0.25, 0.3) is 10.9 Å². The summed E-state index contributed by atoms with van der Waals surface area (Å²) >= 11 is 0.858. The molecule has 1 aromatic rings. The Balaban J connectivity index is 2.10. The maximum atomic E-state index is 11.2. The van der Waals surface area contributed by atoms with E-state index in [0.29, 0.717) is 18.8 Å². The fourth-order valence-corrected chi connectivity index (χ4v) is 1.98. The van der Waals surface area contributed by atoms with E-state index >= 15 is 0 Å². The minimum atomic E-state index is -0.546. The smallest absolute Gasteiger partial charge is 0.271 e. The lowest BCUT2D eigenvalue weighted by Crippen LogP contribution is -2.35. The molecule has 0 radical (unpaired) electrons. The standard InChI is InChI=1S/C11H16ClNO4S/c1-16-11-8(9(14)10(11)15)13-6-4-2-3-5-7-17-18-12/h13H,2-7H2,1H3. The summed E-state index contributed by atoms with van der Waals surface area (Å²) < 4.78 is 9.74. The maximum Gasteiger partial charge on any atom is 0.271 e. The van der Waals surface area contributed by atoms with Crippen molar-refractivity contribution in [2.45, 2.75) is 25.7 Å². The van der Waals surface area contributed by atoms with E-state index < -0.39 is 10.9 Å². The van der Waals surface area contributed by atoms with Crippen LogP contribution < -0.4 is 20.9 Å². The van der Waals surface area contributed by atoms with Gasteiger partial charge in [-0.2, -0.15) is 0 Å². The van der Waals surface area contributed by atoms with Gasteiger partial charge in [0.1, 0.15) is 16.9 Å². The van der Waals surface area contributed by atoms with E-state index in [0.717, 1.165) is 36.9 Å². The average Bonchev–Trinajstić information content (AvgIpc) is 2.39. The zero-order valence-electron chi connectivity index (χ0n) is 10.2. The second-order valence-electron chi connectivity index (χ2n) is 3.79. The third kappa shape index (κ3) is 4.19. The summed E-state index contributed by atoms with van der Waals surface area (Å²) in [5.41, 5.74) is -0.723. The van der Waals surface area contributed by atoms with E-state index in [4.69, 9.17) is 19.6 Å². The third-order valence-electron chi connectivity index (χ3n) is 2.57. The highest BCUT2D eigenvalue weighted by Gasteiger charge is 2.20. The van der Waals surface area contributed by atoms with Crippen LogP contribution in [0.1, 0.15) is 25.7 Å². The van der Waals surface area contributed by atoms with Gasteiger partial charge in [0, 0.05) is 6.54 Å². The van der Waals surface area contributed by atoms with Gasteiger partial charge in [-0.25, -0.2) is 0 Å². The summed E-state index contributed by atoms with van der Waals surface area (Å²) in [6, 6.07) is 0. The molecule has 18 heavy (non-hydrogen) atoms. The first-order valence-electron chi connectivity index (χ1n) is 5.73. The van der Waals surface area contributed by atoms with Crippen LogP contribution in [0.25, 0.3) is 0 Å².